The minimum absolute atomic E-state index is 0.0265. The highest BCUT2D eigenvalue weighted by molar-refractivity contribution is 9.10. The van der Waals surface area contributed by atoms with E-state index in [0.29, 0.717) is 6.54 Å². The average molecular weight is 343 g/mol. The van der Waals surface area contributed by atoms with Gasteiger partial charge in [-0.25, -0.2) is 0 Å². The fourth-order valence-electron chi connectivity index (χ4n) is 1.63. The molecule has 0 aromatic carbocycles. The van der Waals surface area contributed by atoms with Gasteiger partial charge in [-0.15, -0.1) is 5.10 Å². The Morgan fingerprint density at radius 2 is 2.35 bits per heavy atom. The molecule has 20 heavy (non-hydrogen) atoms. The van der Waals surface area contributed by atoms with E-state index in [4.69, 9.17) is 0 Å². The van der Waals surface area contributed by atoms with Crippen LogP contribution in [0.4, 0.5) is 5.82 Å². The van der Waals surface area contributed by atoms with E-state index in [9.17, 15) is 14.9 Å². The van der Waals surface area contributed by atoms with E-state index in [1.807, 2.05) is 0 Å². The van der Waals surface area contributed by atoms with Crippen LogP contribution in [0.15, 0.2) is 16.7 Å². The number of aromatic amines is 1. The summed E-state index contributed by atoms with van der Waals surface area (Å²) in [6.45, 7) is 0.322. The van der Waals surface area contributed by atoms with E-state index in [2.05, 4.69) is 31.2 Å². The third-order valence-corrected chi connectivity index (χ3v) is 3.49. The van der Waals surface area contributed by atoms with Gasteiger partial charge in [-0.05, 0) is 26.9 Å². The van der Waals surface area contributed by atoms with Gasteiger partial charge >= 0.3 is 5.82 Å². The second-order valence-corrected chi connectivity index (χ2v) is 4.89. The first-order valence-electron chi connectivity index (χ1n) is 5.52. The normalized spacial score (nSPS) is 10.6. The number of rotatable bonds is 4. The molecular weight excluding hydrogens is 332 g/mol. The van der Waals surface area contributed by atoms with E-state index < -0.39 is 10.8 Å². The third-order valence-electron chi connectivity index (χ3n) is 2.74. The highest BCUT2D eigenvalue weighted by Gasteiger charge is 2.27. The first kappa shape index (κ1) is 14.2. The summed E-state index contributed by atoms with van der Waals surface area (Å²) in [5.74, 6) is -0.773. The summed E-state index contributed by atoms with van der Waals surface area (Å²) in [5, 5.41) is 20.6. The molecule has 0 aliphatic carbocycles. The third kappa shape index (κ3) is 2.54. The number of amides is 1. The molecule has 0 saturated carbocycles. The van der Waals surface area contributed by atoms with Crippen LogP contribution < -0.4 is 0 Å². The van der Waals surface area contributed by atoms with Crippen molar-refractivity contribution in [3.8, 4) is 0 Å². The largest absolute Gasteiger partial charge is 0.358 e. The van der Waals surface area contributed by atoms with Gasteiger partial charge < -0.3 is 15.0 Å². The summed E-state index contributed by atoms with van der Waals surface area (Å²) in [6.07, 6.45) is 1.63. The van der Waals surface area contributed by atoms with Crippen molar-refractivity contribution in [1.82, 2.24) is 24.9 Å². The zero-order valence-electron chi connectivity index (χ0n) is 10.7. The second-order valence-electron chi connectivity index (χ2n) is 4.10. The zero-order valence-corrected chi connectivity index (χ0v) is 12.3. The highest BCUT2D eigenvalue weighted by Crippen LogP contribution is 2.26. The van der Waals surface area contributed by atoms with Crippen molar-refractivity contribution in [2.75, 3.05) is 7.05 Å². The molecule has 0 saturated heterocycles. The molecule has 0 unspecified atom stereocenters. The van der Waals surface area contributed by atoms with Gasteiger partial charge in [0.2, 0.25) is 0 Å². The number of aromatic nitrogens is 4. The maximum atomic E-state index is 12.2. The zero-order chi connectivity index (χ0) is 14.9. The van der Waals surface area contributed by atoms with Crippen molar-refractivity contribution >= 4 is 27.7 Å². The van der Waals surface area contributed by atoms with Gasteiger partial charge in [-0.3, -0.25) is 9.48 Å². The first-order chi connectivity index (χ1) is 9.41. The van der Waals surface area contributed by atoms with Crippen LogP contribution in [0.2, 0.25) is 0 Å². The lowest BCUT2D eigenvalue weighted by Gasteiger charge is -2.15. The minimum atomic E-state index is -0.644. The number of carbonyl (C=O) groups excluding carboxylic acids is 1. The van der Waals surface area contributed by atoms with Crippen LogP contribution in [-0.4, -0.2) is 42.8 Å². The Morgan fingerprint density at radius 3 is 2.85 bits per heavy atom. The summed E-state index contributed by atoms with van der Waals surface area (Å²) < 4.78 is 1.69. The summed E-state index contributed by atoms with van der Waals surface area (Å²) >= 11 is 3.01. The van der Waals surface area contributed by atoms with E-state index in [1.54, 1.807) is 31.0 Å². The van der Waals surface area contributed by atoms with Crippen LogP contribution in [0.5, 0.6) is 0 Å². The van der Waals surface area contributed by atoms with Crippen molar-refractivity contribution in [1.29, 1.82) is 0 Å². The van der Waals surface area contributed by atoms with Crippen molar-refractivity contribution in [3.63, 3.8) is 0 Å². The Labute approximate surface area is 121 Å². The van der Waals surface area contributed by atoms with Gasteiger partial charge in [0.25, 0.3) is 5.91 Å². The molecule has 0 aliphatic rings. The second kappa shape index (κ2) is 5.41. The van der Waals surface area contributed by atoms with Gasteiger partial charge in [0.15, 0.2) is 5.69 Å². The van der Waals surface area contributed by atoms with Crippen molar-refractivity contribution in [3.05, 3.63) is 38.2 Å². The average Bonchev–Trinajstić information content (AvgIpc) is 2.95. The molecule has 0 spiro atoms. The molecule has 1 N–H and O–H groups in total. The number of nitrogens with zero attached hydrogens (tertiary/aromatic N) is 5. The Hall–Kier alpha value is -2.23. The summed E-state index contributed by atoms with van der Waals surface area (Å²) in [4.78, 5) is 23.7. The number of halogens is 1. The molecule has 2 aromatic heterocycles. The molecule has 0 aliphatic heterocycles. The fourth-order valence-corrected chi connectivity index (χ4v) is 2.13. The Morgan fingerprint density at radius 1 is 1.65 bits per heavy atom. The van der Waals surface area contributed by atoms with Crippen LogP contribution in [0.25, 0.3) is 0 Å². The minimum Gasteiger partial charge on any atom is -0.358 e. The molecule has 2 rings (SSSR count). The molecule has 106 valence electrons. The first-order valence-corrected chi connectivity index (χ1v) is 6.31. The lowest BCUT2D eigenvalue weighted by molar-refractivity contribution is -0.390. The van der Waals surface area contributed by atoms with E-state index >= 15 is 0 Å². The van der Waals surface area contributed by atoms with Crippen LogP contribution >= 0.6 is 15.9 Å². The van der Waals surface area contributed by atoms with Crippen molar-refractivity contribution in [2.24, 2.45) is 7.05 Å². The molecular formula is C10H11BrN6O3. The van der Waals surface area contributed by atoms with Gasteiger partial charge in [0.05, 0.1) is 12.2 Å². The quantitative estimate of drug-likeness (QED) is 0.660. The lowest BCUT2D eigenvalue weighted by Crippen LogP contribution is -2.27. The Balaban J connectivity index is 2.19. The van der Waals surface area contributed by atoms with Crippen LogP contribution in [-0.2, 0) is 13.6 Å². The van der Waals surface area contributed by atoms with Crippen LogP contribution in [0, 0.1) is 10.1 Å². The van der Waals surface area contributed by atoms with E-state index in [0.717, 1.165) is 5.69 Å². The molecule has 2 aromatic rings. The molecule has 2 heterocycles. The molecule has 0 radical (unpaired) electrons. The maximum Gasteiger partial charge on any atom is 0.357 e. The topological polar surface area (TPSA) is 110 Å². The van der Waals surface area contributed by atoms with Crippen molar-refractivity contribution in [2.45, 2.75) is 6.54 Å². The molecule has 0 fully saturated rings. The Kier molecular flexibility index (Phi) is 3.84. The smallest absolute Gasteiger partial charge is 0.357 e. The van der Waals surface area contributed by atoms with Gasteiger partial charge in [-0.1, -0.05) is 5.10 Å². The van der Waals surface area contributed by atoms with Crippen LogP contribution in [0.1, 0.15) is 16.2 Å². The maximum absolute atomic E-state index is 12.2. The van der Waals surface area contributed by atoms with Crippen molar-refractivity contribution < 1.29 is 9.72 Å². The SMILES string of the molecule is CN(Cc1ccnn1C)C(=O)c1n[nH]c([N+](=O)[O-])c1Br. The van der Waals surface area contributed by atoms with Gasteiger partial charge in [0, 0.05) is 20.3 Å². The summed E-state index contributed by atoms with van der Waals surface area (Å²) in [6, 6.07) is 1.78. The molecule has 9 nitrogen and oxygen atoms in total. The van der Waals surface area contributed by atoms with Gasteiger partial charge in [0.1, 0.15) is 4.47 Å². The monoisotopic (exact) mass is 342 g/mol. The van der Waals surface area contributed by atoms with E-state index in [1.165, 1.54) is 4.90 Å². The number of H-pyrrole nitrogens is 1. The summed E-state index contributed by atoms with van der Waals surface area (Å²) in [5.41, 5.74) is 0.809. The number of carbonyl (C=O) groups is 1. The number of hydrogen-bond donors (Lipinski definition) is 1. The molecule has 0 atom stereocenters. The highest BCUT2D eigenvalue weighted by atomic mass is 79.9. The lowest BCUT2D eigenvalue weighted by atomic mass is 10.3. The van der Waals surface area contributed by atoms with E-state index in [-0.39, 0.29) is 16.0 Å². The molecule has 10 heteroatoms. The molecule has 0 bridgehead atoms. The van der Waals surface area contributed by atoms with Crippen LogP contribution in [0.3, 0.4) is 0 Å². The predicted octanol–water partition coefficient (Wildman–Crippen LogP) is 1.09. The molecule has 1 amide bonds. The standard InChI is InChI=1S/C10H11BrN6O3/c1-15(5-6-3-4-12-16(6)2)10(18)8-7(11)9(14-13-8)17(19)20/h3-4H,5H2,1-2H3,(H,13,14). The number of aryl methyl sites for hydroxylation is 1. The summed E-state index contributed by atoms with van der Waals surface area (Å²) in [7, 11) is 3.35. The number of nitro groups is 1. The fraction of sp³-hybridized carbons (Fsp3) is 0.300. The van der Waals surface area contributed by atoms with Gasteiger partial charge in [-0.2, -0.15) is 5.10 Å². The number of hydrogen-bond acceptors (Lipinski definition) is 5. The predicted molar refractivity (Wildman–Crippen MR) is 71.9 cm³/mol. The number of nitrogens with one attached hydrogen (secondary N) is 1. The Bertz CT molecular complexity index is 664.